The van der Waals surface area contributed by atoms with Crippen molar-refractivity contribution in [1.82, 2.24) is 4.98 Å². The first kappa shape index (κ1) is 13.4. The molecule has 4 nitrogen and oxygen atoms in total. The fourth-order valence-corrected chi connectivity index (χ4v) is 2.06. The number of hydrogen-bond donors (Lipinski definition) is 2. The lowest BCUT2D eigenvalue weighted by Gasteiger charge is -2.10. The summed E-state index contributed by atoms with van der Waals surface area (Å²) in [4.78, 5) is 4.07. The van der Waals surface area contributed by atoms with Gasteiger partial charge in [0.1, 0.15) is 16.6 Å². The van der Waals surface area contributed by atoms with Crippen molar-refractivity contribution in [2.75, 3.05) is 0 Å². The molecule has 0 unspecified atom stereocenters. The second-order valence-corrected chi connectivity index (χ2v) is 4.69. The monoisotopic (exact) mass is 275 g/mol. The Balaban J connectivity index is 2.38. The summed E-state index contributed by atoms with van der Waals surface area (Å²) < 4.78 is 5.67. The van der Waals surface area contributed by atoms with Gasteiger partial charge in [0.15, 0.2) is 0 Å². The standard InChI is InChI=1S/C14H14ClN3O/c1-8-5-9(2)7-10(6-8)19-14-12(15)11(13(16)17)3-4-18-14/h3-7H,1-2H3,(H3,16,17). The number of aryl methyl sites for hydroxylation is 2. The smallest absolute Gasteiger partial charge is 0.238 e. The van der Waals surface area contributed by atoms with Crippen LogP contribution < -0.4 is 10.5 Å². The Morgan fingerprint density at radius 2 is 1.89 bits per heavy atom. The largest absolute Gasteiger partial charge is 0.437 e. The van der Waals surface area contributed by atoms with Crippen LogP contribution in [0.4, 0.5) is 0 Å². The van der Waals surface area contributed by atoms with Gasteiger partial charge in [-0.1, -0.05) is 17.7 Å². The molecule has 0 aliphatic rings. The Kier molecular flexibility index (Phi) is 3.71. The first-order valence-corrected chi connectivity index (χ1v) is 6.10. The third kappa shape index (κ3) is 3.03. The van der Waals surface area contributed by atoms with E-state index in [4.69, 9.17) is 27.5 Å². The number of amidine groups is 1. The molecule has 5 heteroatoms. The molecule has 0 fully saturated rings. The molecule has 0 atom stereocenters. The summed E-state index contributed by atoms with van der Waals surface area (Å²) in [6.07, 6.45) is 1.51. The number of ether oxygens (including phenoxy) is 1. The van der Waals surface area contributed by atoms with Crippen LogP contribution in [0.1, 0.15) is 16.7 Å². The number of hydrogen-bond acceptors (Lipinski definition) is 3. The van der Waals surface area contributed by atoms with Gasteiger partial charge in [-0.2, -0.15) is 0 Å². The molecule has 98 valence electrons. The van der Waals surface area contributed by atoms with Crippen molar-refractivity contribution in [3.8, 4) is 11.6 Å². The van der Waals surface area contributed by atoms with Crippen LogP contribution in [0.3, 0.4) is 0 Å². The highest BCUT2D eigenvalue weighted by Crippen LogP contribution is 2.30. The van der Waals surface area contributed by atoms with Crippen molar-refractivity contribution in [1.29, 1.82) is 5.41 Å². The third-order valence-electron chi connectivity index (χ3n) is 2.56. The minimum absolute atomic E-state index is 0.113. The van der Waals surface area contributed by atoms with E-state index in [0.717, 1.165) is 11.1 Å². The molecule has 1 aromatic heterocycles. The SMILES string of the molecule is Cc1cc(C)cc(Oc2nccc(C(=N)N)c2Cl)c1. The van der Waals surface area contributed by atoms with Crippen LogP contribution in [0.5, 0.6) is 11.6 Å². The Morgan fingerprint density at radius 1 is 1.26 bits per heavy atom. The lowest BCUT2D eigenvalue weighted by molar-refractivity contribution is 0.462. The fraction of sp³-hybridized carbons (Fsp3) is 0.143. The van der Waals surface area contributed by atoms with Gasteiger partial charge in [0.25, 0.3) is 0 Å². The molecule has 2 aromatic rings. The number of nitrogens with one attached hydrogen (secondary N) is 1. The molecule has 19 heavy (non-hydrogen) atoms. The van der Waals surface area contributed by atoms with E-state index in [-0.39, 0.29) is 16.7 Å². The van der Waals surface area contributed by atoms with E-state index >= 15 is 0 Å². The quantitative estimate of drug-likeness (QED) is 0.666. The highest BCUT2D eigenvalue weighted by Gasteiger charge is 2.12. The number of pyridine rings is 1. The van der Waals surface area contributed by atoms with Crippen LogP contribution in [0.2, 0.25) is 5.02 Å². The highest BCUT2D eigenvalue weighted by atomic mass is 35.5. The van der Waals surface area contributed by atoms with E-state index < -0.39 is 0 Å². The van der Waals surface area contributed by atoms with Crippen molar-refractivity contribution in [3.05, 3.63) is 52.2 Å². The second-order valence-electron chi connectivity index (χ2n) is 4.32. The van der Waals surface area contributed by atoms with E-state index in [0.29, 0.717) is 11.3 Å². The average molecular weight is 276 g/mol. The Bertz CT molecular complexity index is 620. The molecule has 0 radical (unpaired) electrons. The number of aromatic nitrogens is 1. The summed E-state index contributed by atoms with van der Waals surface area (Å²) in [6, 6.07) is 7.42. The van der Waals surface area contributed by atoms with Gasteiger partial charge >= 0.3 is 0 Å². The van der Waals surface area contributed by atoms with Crippen molar-refractivity contribution >= 4 is 17.4 Å². The zero-order valence-electron chi connectivity index (χ0n) is 10.7. The van der Waals surface area contributed by atoms with Gasteiger partial charge in [-0.25, -0.2) is 4.98 Å². The van der Waals surface area contributed by atoms with Crippen LogP contribution in [0.15, 0.2) is 30.5 Å². The highest BCUT2D eigenvalue weighted by molar-refractivity contribution is 6.35. The molecule has 1 aromatic carbocycles. The Morgan fingerprint density at radius 3 is 2.47 bits per heavy atom. The molecule has 0 saturated carbocycles. The second kappa shape index (κ2) is 5.28. The van der Waals surface area contributed by atoms with Crippen LogP contribution in [-0.2, 0) is 0 Å². The number of nitrogens with zero attached hydrogens (tertiary/aromatic N) is 1. The molecule has 1 heterocycles. The predicted octanol–water partition coefficient (Wildman–Crippen LogP) is 3.43. The summed E-state index contributed by atoms with van der Waals surface area (Å²) >= 11 is 6.12. The molecule has 0 aliphatic carbocycles. The van der Waals surface area contributed by atoms with Gasteiger partial charge in [0.05, 0.1) is 0 Å². The minimum Gasteiger partial charge on any atom is -0.437 e. The molecule has 0 amide bonds. The summed E-state index contributed by atoms with van der Waals surface area (Å²) in [6.45, 7) is 3.97. The number of nitrogens with two attached hydrogens (primary N) is 1. The van der Waals surface area contributed by atoms with Crippen molar-refractivity contribution < 1.29 is 4.74 Å². The van der Waals surface area contributed by atoms with Crippen LogP contribution >= 0.6 is 11.6 Å². The Hall–Kier alpha value is -2.07. The molecular weight excluding hydrogens is 262 g/mol. The van der Waals surface area contributed by atoms with Gasteiger partial charge in [-0.05, 0) is 43.2 Å². The number of rotatable bonds is 3. The third-order valence-corrected chi connectivity index (χ3v) is 2.92. The number of benzene rings is 1. The topological polar surface area (TPSA) is 72.0 Å². The maximum atomic E-state index is 7.43. The van der Waals surface area contributed by atoms with E-state index in [1.165, 1.54) is 6.20 Å². The fourth-order valence-electron chi connectivity index (χ4n) is 1.81. The molecule has 0 spiro atoms. The summed E-state index contributed by atoms with van der Waals surface area (Å²) in [5.41, 5.74) is 8.04. The molecule has 0 saturated heterocycles. The van der Waals surface area contributed by atoms with Gasteiger partial charge in [0, 0.05) is 11.8 Å². The maximum Gasteiger partial charge on any atom is 0.238 e. The summed E-state index contributed by atoms with van der Waals surface area (Å²) in [7, 11) is 0. The van der Waals surface area contributed by atoms with Crippen molar-refractivity contribution in [2.45, 2.75) is 13.8 Å². The van der Waals surface area contributed by atoms with E-state index in [1.54, 1.807) is 6.07 Å². The molecule has 2 rings (SSSR count). The molecule has 0 aliphatic heterocycles. The van der Waals surface area contributed by atoms with Gasteiger partial charge in [-0.15, -0.1) is 0 Å². The maximum absolute atomic E-state index is 7.43. The molecule has 0 bridgehead atoms. The first-order valence-electron chi connectivity index (χ1n) is 5.72. The zero-order valence-corrected chi connectivity index (χ0v) is 11.5. The van der Waals surface area contributed by atoms with Crippen LogP contribution in [0, 0.1) is 19.3 Å². The first-order chi connectivity index (χ1) is 8.97. The summed E-state index contributed by atoms with van der Waals surface area (Å²) in [5, 5.41) is 7.68. The average Bonchev–Trinajstić information content (AvgIpc) is 2.30. The normalized spacial score (nSPS) is 10.3. The van der Waals surface area contributed by atoms with E-state index in [9.17, 15) is 0 Å². The number of nitrogen functional groups attached to an aromatic ring is 1. The minimum atomic E-state index is -0.113. The zero-order chi connectivity index (χ0) is 14.0. The number of halogens is 1. The molecular formula is C14H14ClN3O. The van der Waals surface area contributed by atoms with Crippen LogP contribution in [0.25, 0.3) is 0 Å². The lowest BCUT2D eigenvalue weighted by atomic mass is 10.1. The summed E-state index contributed by atoms with van der Waals surface area (Å²) in [5.74, 6) is 0.796. The van der Waals surface area contributed by atoms with E-state index in [1.807, 2.05) is 32.0 Å². The van der Waals surface area contributed by atoms with Crippen molar-refractivity contribution in [3.63, 3.8) is 0 Å². The van der Waals surface area contributed by atoms with Gasteiger partial charge < -0.3 is 10.5 Å². The van der Waals surface area contributed by atoms with Gasteiger partial charge in [0.2, 0.25) is 5.88 Å². The lowest BCUT2D eigenvalue weighted by Crippen LogP contribution is -2.12. The van der Waals surface area contributed by atoms with Crippen molar-refractivity contribution in [2.24, 2.45) is 5.73 Å². The van der Waals surface area contributed by atoms with Crippen LogP contribution in [-0.4, -0.2) is 10.8 Å². The van der Waals surface area contributed by atoms with E-state index in [2.05, 4.69) is 4.98 Å². The molecule has 3 N–H and O–H groups in total. The van der Waals surface area contributed by atoms with Gasteiger partial charge in [-0.3, -0.25) is 5.41 Å². The predicted molar refractivity (Wildman–Crippen MR) is 76.3 cm³/mol. The Labute approximate surface area is 116 Å².